The van der Waals surface area contributed by atoms with Crippen LogP contribution in [0.5, 0.6) is 0 Å². The highest BCUT2D eigenvalue weighted by Gasteiger charge is 2.55. The standard InChI is InChI=1S/C32H44N6OS/c1-40-28-5-3-2-4-24(28)17-35-31-36-18-27(15-33)30(38-31)37-20-32-12-23-10-25(13-32)29(26(11-23)14-32)34-16-21-6-8-22(19-39)9-7-21/h2-5,18,21-23,25-26,29,34,39H,6-14,16-17,19-20H2,1H3,(H2,35,36,37,38)/t21-,22-,23?,25-,26+,29?,32-. The average molecular weight is 561 g/mol. The van der Waals surface area contributed by atoms with Gasteiger partial charge in [0.05, 0.1) is 6.20 Å². The van der Waals surface area contributed by atoms with E-state index in [1.807, 2.05) is 0 Å². The topological polar surface area (TPSA) is 106 Å². The molecule has 1 aromatic heterocycles. The van der Waals surface area contributed by atoms with E-state index in [1.54, 1.807) is 18.0 Å². The molecule has 5 saturated carbocycles. The first-order valence-electron chi connectivity index (χ1n) is 15.3. The van der Waals surface area contributed by atoms with Crippen LogP contribution < -0.4 is 16.0 Å². The van der Waals surface area contributed by atoms with Gasteiger partial charge < -0.3 is 21.1 Å². The maximum atomic E-state index is 9.76. The quantitative estimate of drug-likeness (QED) is 0.260. The largest absolute Gasteiger partial charge is 0.396 e. The molecule has 0 spiro atoms. The summed E-state index contributed by atoms with van der Waals surface area (Å²) in [5.41, 5.74) is 2.03. The summed E-state index contributed by atoms with van der Waals surface area (Å²) in [7, 11) is 0. The highest BCUT2D eigenvalue weighted by atomic mass is 32.2. The zero-order valence-corrected chi connectivity index (χ0v) is 24.6. The van der Waals surface area contributed by atoms with Crippen LogP contribution in [-0.2, 0) is 6.54 Å². The molecule has 5 fully saturated rings. The molecule has 5 atom stereocenters. The third-order valence-corrected chi connectivity index (χ3v) is 11.3. The van der Waals surface area contributed by atoms with E-state index >= 15 is 0 Å². The molecule has 2 unspecified atom stereocenters. The zero-order chi connectivity index (χ0) is 27.5. The summed E-state index contributed by atoms with van der Waals surface area (Å²) in [5.74, 6) is 4.88. The van der Waals surface area contributed by atoms with Gasteiger partial charge in [0.25, 0.3) is 0 Å². The van der Waals surface area contributed by atoms with Gasteiger partial charge in [0, 0.05) is 30.6 Å². The van der Waals surface area contributed by atoms with Crippen LogP contribution in [0.3, 0.4) is 0 Å². The zero-order valence-electron chi connectivity index (χ0n) is 23.7. The normalized spacial score (nSPS) is 32.5. The van der Waals surface area contributed by atoms with Gasteiger partial charge in [0.2, 0.25) is 5.95 Å². The average Bonchev–Trinajstić information content (AvgIpc) is 2.99. The minimum Gasteiger partial charge on any atom is -0.396 e. The lowest BCUT2D eigenvalue weighted by Crippen LogP contribution is -2.60. The molecule has 1 aromatic carbocycles. The number of benzene rings is 1. The number of nitrogens with one attached hydrogen (secondary N) is 3. The van der Waals surface area contributed by atoms with E-state index in [4.69, 9.17) is 4.98 Å². The first-order chi connectivity index (χ1) is 19.6. The maximum Gasteiger partial charge on any atom is 0.224 e. The molecule has 0 saturated heterocycles. The number of rotatable bonds is 11. The molecule has 1 heterocycles. The minimum absolute atomic E-state index is 0.302. The molecule has 0 aliphatic heterocycles. The Morgan fingerprint density at radius 3 is 2.52 bits per heavy atom. The first kappa shape index (κ1) is 27.8. The lowest BCUT2D eigenvalue weighted by Gasteiger charge is -2.60. The van der Waals surface area contributed by atoms with Crippen LogP contribution >= 0.6 is 11.8 Å². The van der Waals surface area contributed by atoms with Crippen molar-refractivity contribution in [2.75, 3.05) is 36.6 Å². The summed E-state index contributed by atoms with van der Waals surface area (Å²) in [6.45, 7) is 3.04. The fourth-order valence-electron chi connectivity index (χ4n) is 8.64. The van der Waals surface area contributed by atoms with Crippen molar-refractivity contribution >= 4 is 23.5 Å². The number of hydrogen-bond acceptors (Lipinski definition) is 8. The Morgan fingerprint density at radius 2 is 1.80 bits per heavy atom. The van der Waals surface area contributed by atoms with Crippen molar-refractivity contribution in [3.05, 3.63) is 41.6 Å². The third kappa shape index (κ3) is 5.98. The Morgan fingerprint density at radius 1 is 1.05 bits per heavy atom. The molecular weight excluding hydrogens is 516 g/mol. The van der Waals surface area contributed by atoms with Crippen LogP contribution in [0.1, 0.15) is 68.9 Å². The number of nitriles is 1. The second-order valence-corrected chi connectivity index (χ2v) is 13.9. The van der Waals surface area contributed by atoms with Gasteiger partial charge >= 0.3 is 0 Å². The van der Waals surface area contributed by atoms with Crippen molar-refractivity contribution in [1.29, 1.82) is 5.26 Å². The van der Waals surface area contributed by atoms with Gasteiger partial charge in [-0.3, -0.25) is 0 Å². The second kappa shape index (κ2) is 12.3. The molecule has 7 rings (SSSR count). The Labute approximate surface area is 243 Å². The molecule has 5 aliphatic rings. The van der Waals surface area contributed by atoms with Crippen LogP contribution in [0.4, 0.5) is 11.8 Å². The molecule has 2 aromatic rings. The number of anilines is 2. The maximum absolute atomic E-state index is 9.76. The molecule has 5 aliphatic carbocycles. The van der Waals surface area contributed by atoms with Gasteiger partial charge in [-0.15, -0.1) is 11.8 Å². The summed E-state index contributed by atoms with van der Waals surface area (Å²) in [6.07, 6.45) is 15.2. The summed E-state index contributed by atoms with van der Waals surface area (Å²) >= 11 is 1.74. The molecule has 4 bridgehead atoms. The van der Waals surface area contributed by atoms with E-state index in [2.05, 4.69) is 57.5 Å². The van der Waals surface area contributed by atoms with Crippen molar-refractivity contribution in [2.24, 2.45) is 35.0 Å². The molecular formula is C32H44N6OS. The van der Waals surface area contributed by atoms with Crippen LogP contribution in [0, 0.1) is 46.3 Å². The molecule has 4 N–H and O–H groups in total. The van der Waals surface area contributed by atoms with Crippen molar-refractivity contribution < 1.29 is 5.11 Å². The molecule has 7 nitrogen and oxygen atoms in total. The van der Waals surface area contributed by atoms with E-state index in [0.717, 1.165) is 36.8 Å². The van der Waals surface area contributed by atoms with Crippen molar-refractivity contribution in [2.45, 2.75) is 75.3 Å². The van der Waals surface area contributed by atoms with Crippen LogP contribution in [0.2, 0.25) is 0 Å². The second-order valence-electron chi connectivity index (χ2n) is 13.1. The molecule has 40 heavy (non-hydrogen) atoms. The lowest BCUT2D eigenvalue weighted by molar-refractivity contribution is -0.0703. The van der Waals surface area contributed by atoms with Crippen LogP contribution in [0.15, 0.2) is 35.4 Å². The Kier molecular flexibility index (Phi) is 8.53. The lowest BCUT2D eigenvalue weighted by atomic mass is 9.48. The molecule has 214 valence electrons. The van der Waals surface area contributed by atoms with Gasteiger partial charge in [0.15, 0.2) is 0 Å². The van der Waals surface area contributed by atoms with Crippen molar-refractivity contribution in [1.82, 2.24) is 15.3 Å². The van der Waals surface area contributed by atoms with E-state index in [9.17, 15) is 10.4 Å². The van der Waals surface area contributed by atoms with Crippen molar-refractivity contribution in [3.63, 3.8) is 0 Å². The van der Waals surface area contributed by atoms with E-state index in [0.29, 0.717) is 47.9 Å². The smallest absolute Gasteiger partial charge is 0.224 e. The summed E-state index contributed by atoms with van der Waals surface area (Å²) in [6, 6.07) is 11.3. The van der Waals surface area contributed by atoms with E-state index in [-0.39, 0.29) is 0 Å². The Bertz CT molecular complexity index is 1190. The van der Waals surface area contributed by atoms with Gasteiger partial charge in [-0.1, -0.05) is 18.2 Å². The highest BCUT2D eigenvalue weighted by Crippen LogP contribution is 2.60. The monoisotopic (exact) mass is 560 g/mol. The summed E-state index contributed by atoms with van der Waals surface area (Å²) in [5, 5.41) is 30.3. The number of aliphatic hydroxyl groups excluding tert-OH is 1. The number of aromatic nitrogens is 2. The van der Waals surface area contributed by atoms with Crippen molar-refractivity contribution in [3.8, 4) is 6.07 Å². The Balaban J connectivity index is 1.07. The Hall–Kier alpha value is -2.34. The van der Waals surface area contributed by atoms with Gasteiger partial charge in [-0.25, -0.2) is 4.98 Å². The first-order valence-corrected chi connectivity index (χ1v) is 16.5. The van der Waals surface area contributed by atoms with E-state index < -0.39 is 0 Å². The number of thioether (sulfide) groups is 1. The number of aliphatic hydroxyl groups is 1. The van der Waals surface area contributed by atoms with Crippen LogP contribution in [0.25, 0.3) is 0 Å². The fraction of sp³-hybridized carbons (Fsp3) is 0.656. The molecule has 0 radical (unpaired) electrons. The molecule has 8 heteroatoms. The third-order valence-electron chi connectivity index (χ3n) is 10.4. The number of nitrogens with zero attached hydrogens (tertiary/aromatic N) is 3. The predicted molar refractivity (Wildman–Crippen MR) is 161 cm³/mol. The summed E-state index contributed by atoms with van der Waals surface area (Å²) in [4.78, 5) is 10.4. The van der Waals surface area contributed by atoms with Gasteiger partial charge in [-0.2, -0.15) is 10.2 Å². The summed E-state index contributed by atoms with van der Waals surface area (Å²) < 4.78 is 0. The minimum atomic E-state index is 0.302. The molecule has 0 amide bonds. The predicted octanol–water partition coefficient (Wildman–Crippen LogP) is 5.68. The van der Waals surface area contributed by atoms with Gasteiger partial charge in [-0.05, 0) is 117 Å². The fourth-order valence-corrected chi connectivity index (χ4v) is 9.26. The van der Waals surface area contributed by atoms with E-state index in [1.165, 1.54) is 68.2 Å². The highest BCUT2D eigenvalue weighted by molar-refractivity contribution is 7.98. The number of hydrogen-bond donors (Lipinski definition) is 4. The van der Waals surface area contributed by atoms with Gasteiger partial charge in [0.1, 0.15) is 17.5 Å². The SMILES string of the molecule is CSc1ccccc1CNc1ncc(C#N)c(NC[C@]23CC4C[C@H](C2)C(NC[C@H]2CC[C@H](CO)CC2)[C@@H](C4)C3)n1. The van der Waals surface area contributed by atoms with Crippen LogP contribution in [-0.4, -0.2) is 47.1 Å².